The molecule has 0 spiro atoms. The van der Waals surface area contributed by atoms with Crippen molar-refractivity contribution < 1.29 is 8.78 Å². The van der Waals surface area contributed by atoms with Gasteiger partial charge in [-0.25, -0.2) is 8.78 Å². The molecule has 0 aliphatic carbocycles. The van der Waals surface area contributed by atoms with E-state index in [0.29, 0.717) is 13.1 Å². The zero-order valence-electron chi connectivity index (χ0n) is 7.06. The van der Waals surface area contributed by atoms with Crippen LogP contribution in [0.15, 0.2) is 0 Å². The summed E-state index contributed by atoms with van der Waals surface area (Å²) in [5.74, 6) is 0. The molecule has 0 aliphatic heterocycles. The highest BCUT2D eigenvalue weighted by Crippen LogP contribution is 2.02. The maximum absolute atomic E-state index is 11.9. The molecule has 0 aliphatic rings. The third kappa shape index (κ3) is 5.09. The number of hydrogen-bond donors (Lipinski definition) is 1. The standard InChI is InChI=1S/C7H16F2N2/c1-6(2)11(4-3-10)5-7(8)9/h6-7H,3-5,10H2,1-2H3. The molecule has 0 aromatic heterocycles. The summed E-state index contributed by atoms with van der Waals surface area (Å²) in [6.45, 7) is 4.58. The second kappa shape index (κ2) is 5.43. The van der Waals surface area contributed by atoms with Crippen LogP contribution >= 0.6 is 0 Å². The molecule has 0 rings (SSSR count). The van der Waals surface area contributed by atoms with Gasteiger partial charge in [-0.1, -0.05) is 0 Å². The lowest BCUT2D eigenvalue weighted by molar-refractivity contribution is 0.0750. The van der Waals surface area contributed by atoms with Crippen LogP contribution in [0.2, 0.25) is 0 Å². The number of hydrogen-bond acceptors (Lipinski definition) is 2. The van der Waals surface area contributed by atoms with Gasteiger partial charge in [-0.3, -0.25) is 4.90 Å². The Hall–Kier alpha value is -0.220. The summed E-state index contributed by atoms with van der Waals surface area (Å²) in [7, 11) is 0. The SMILES string of the molecule is CC(C)N(CCN)CC(F)F. The molecule has 0 bridgehead atoms. The summed E-state index contributed by atoms with van der Waals surface area (Å²) in [5, 5.41) is 0. The first kappa shape index (κ1) is 10.8. The minimum atomic E-state index is -2.26. The molecular formula is C7H16F2N2. The Balaban J connectivity index is 3.69. The number of rotatable bonds is 5. The Kier molecular flexibility index (Phi) is 5.32. The van der Waals surface area contributed by atoms with E-state index in [1.807, 2.05) is 13.8 Å². The van der Waals surface area contributed by atoms with Crippen LogP contribution in [0.25, 0.3) is 0 Å². The minimum Gasteiger partial charge on any atom is -0.329 e. The quantitative estimate of drug-likeness (QED) is 0.658. The molecule has 0 saturated carbocycles. The molecule has 0 fully saturated rings. The molecule has 0 heterocycles. The Bertz CT molecular complexity index is 96.4. The highest BCUT2D eigenvalue weighted by Gasteiger charge is 2.13. The lowest BCUT2D eigenvalue weighted by atomic mass is 10.3. The average molecular weight is 166 g/mol. The third-order valence-electron chi connectivity index (χ3n) is 1.52. The molecule has 0 saturated heterocycles. The molecule has 0 aromatic rings. The molecular weight excluding hydrogens is 150 g/mol. The molecule has 0 aromatic carbocycles. The highest BCUT2D eigenvalue weighted by atomic mass is 19.3. The summed E-state index contributed by atoms with van der Waals surface area (Å²) in [5.41, 5.74) is 5.26. The van der Waals surface area contributed by atoms with Gasteiger partial charge < -0.3 is 5.73 Å². The number of nitrogens with zero attached hydrogens (tertiary/aromatic N) is 1. The van der Waals surface area contributed by atoms with Crippen molar-refractivity contribution in [2.45, 2.75) is 26.3 Å². The first-order chi connectivity index (χ1) is 5.07. The van der Waals surface area contributed by atoms with Gasteiger partial charge in [0.2, 0.25) is 0 Å². The van der Waals surface area contributed by atoms with Crippen molar-refractivity contribution in [1.82, 2.24) is 4.90 Å². The van der Waals surface area contributed by atoms with E-state index in [1.165, 1.54) is 0 Å². The molecule has 4 heteroatoms. The molecule has 0 atom stereocenters. The van der Waals surface area contributed by atoms with Crippen molar-refractivity contribution in [1.29, 1.82) is 0 Å². The van der Waals surface area contributed by atoms with Gasteiger partial charge in [0.1, 0.15) is 0 Å². The van der Waals surface area contributed by atoms with E-state index in [9.17, 15) is 8.78 Å². The predicted molar refractivity (Wildman–Crippen MR) is 41.8 cm³/mol. The van der Waals surface area contributed by atoms with Gasteiger partial charge in [-0.15, -0.1) is 0 Å². The zero-order chi connectivity index (χ0) is 8.85. The van der Waals surface area contributed by atoms with Crippen LogP contribution in [0.1, 0.15) is 13.8 Å². The van der Waals surface area contributed by atoms with Crippen molar-refractivity contribution >= 4 is 0 Å². The maximum Gasteiger partial charge on any atom is 0.251 e. The van der Waals surface area contributed by atoms with Crippen LogP contribution in [-0.2, 0) is 0 Å². The van der Waals surface area contributed by atoms with Crippen molar-refractivity contribution in [2.75, 3.05) is 19.6 Å². The summed E-state index contributed by atoms with van der Waals surface area (Å²) in [6, 6.07) is 0.146. The average Bonchev–Trinajstić information content (AvgIpc) is 1.86. The third-order valence-corrected chi connectivity index (χ3v) is 1.52. The van der Waals surface area contributed by atoms with E-state index in [1.54, 1.807) is 4.90 Å². The lowest BCUT2D eigenvalue weighted by Gasteiger charge is -2.24. The fourth-order valence-electron chi connectivity index (χ4n) is 0.903. The Morgan fingerprint density at radius 3 is 2.18 bits per heavy atom. The summed E-state index contributed by atoms with van der Waals surface area (Å²) >= 11 is 0. The van der Waals surface area contributed by atoms with Crippen molar-refractivity contribution in [3.63, 3.8) is 0 Å². The van der Waals surface area contributed by atoms with Gasteiger partial charge in [0.15, 0.2) is 0 Å². The zero-order valence-corrected chi connectivity index (χ0v) is 7.06. The largest absolute Gasteiger partial charge is 0.329 e. The molecule has 0 unspecified atom stereocenters. The van der Waals surface area contributed by atoms with Gasteiger partial charge in [0.05, 0.1) is 6.54 Å². The topological polar surface area (TPSA) is 29.3 Å². The van der Waals surface area contributed by atoms with E-state index in [4.69, 9.17) is 5.73 Å². The van der Waals surface area contributed by atoms with Crippen LogP contribution in [0, 0.1) is 0 Å². The molecule has 11 heavy (non-hydrogen) atoms. The monoisotopic (exact) mass is 166 g/mol. The van der Waals surface area contributed by atoms with Gasteiger partial charge in [0.25, 0.3) is 6.43 Å². The molecule has 2 nitrogen and oxygen atoms in total. The number of halogens is 2. The van der Waals surface area contributed by atoms with Crippen LogP contribution in [0.3, 0.4) is 0 Å². The number of nitrogens with two attached hydrogens (primary N) is 1. The van der Waals surface area contributed by atoms with E-state index in [-0.39, 0.29) is 12.6 Å². The second-order valence-corrected chi connectivity index (χ2v) is 2.77. The molecule has 2 N–H and O–H groups in total. The van der Waals surface area contributed by atoms with Gasteiger partial charge in [-0.2, -0.15) is 0 Å². The smallest absolute Gasteiger partial charge is 0.251 e. The fraction of sp³-hybridized carbons (Fsp3) is 1.00. The van der Waals surface area contributed by atoms with E-state index >= 15 is 0 Å². The first-order valence-electron chi connectivity index (χ1n) is 3.80. The summed E-state index contributed by atoms with van der Waals surface area (Å²) in [6.07, 6.45) is -2.26. The second-order valence-electron chi connectivity index (χ2n) is 2.77. The Labute approximate surface area is 66.4 Å². The van der Waals surface area contributed by atoms with E-state index in [2.05, 4.69) is 0 Å². The van der Waals surface area contributed by atoms with Crippen molar-refractivity contribution in [3.05, 3.63) is 0 Å². The van der Waals surface area contributed by atoms with Crippen LogP contribution in [0.5, 0.6) is 0 Å². The first-order valence-corrected chi connectivity index (χ1v) is 3.80. The van der Waals surface area contributed by atoms with Gasteiger partial charge >= 0.3 is 0 Å². The van der Waals surface area contributed by atoms with E-state index < -0.39 is 6.43 Å². The van der Waals surface area contributed by atoms with Crippen molar-refractivity contribution in [2.24, 2.45) is 5.73 Å². The lowest BCUT2D eigenvalue weighted by Crippen LogP contribution is -2.38. The number of alkyl halides is 2. The molecule has 0 radical (unpaired) electrons. The van der Waals surface area contributed by atoms with Gasteiger partial charge in [-0.05, 0) is 13.8 Å². The molecule has 0 amide bonds. The molecule has 68 valence electrons. The predicted octanol–water partition coefficient (Wildman–Crippen LogP) is 0.921. The Morgan fingerprint density at radius 2 is 1.91 bits per heavy atom. The Morgan fingerprint density at radius 1 is 1.36 bits per heavy atom. The van der Waals surface area contributed by atoms with E-state index in [0.717, 1.165) is 0 Å². The summed E-state index contributed by atoms with van der Waals surface area (Å²) in [4.78, 5) is 1.67. The van der Waals surface area contributed by atoms with Crippen molar-refractivity contribution in [3.8, 4) is 0 Å². The maximum atomic E-state index is 11.9. The normalized spacial score (nSPS) is 12.0. The van der Waals surface area contributed by atoms with Crippen LogP contribution in [0.4, 0.5) is 8.78 Å². The highest BCUT2D eigenvalue weighted by molar-refractivity contribution is 4.63. The van der Waals surface area contributed by atoms with Crippen LogP contribution in [-0.4, -0.2) is 37.0 Å². The fourth-order valence-corrected chi connectivity index (χ4v) is 0.903. The van der Waals surface area contributed by atoms with Crippen LogP contribution < -0.4 is 5.73 Å². The van der Waals surface area contributed by atoms with Gasteiger partial charge in [0, 0.05) is 19.1 Å². The summed E-state index contributed by atoms with van der Waals surface area (Å²) < 4.78 is 23.8. The minimum absolute atomic E-state index is 0.146.